The molecule has 0 atom stereocenters. The van der Waals surface area contributed by atoms with Crippen molar-refractivity contribution in [2.24, 2.45) is 5.92 Å². The van der Waals surface area contributed by atoms with Crippen molar-refractivity contribution in [1.82, 2.24) is 14.9 Å². The van der Waals surface area contributed by atoms with E-state index in [0.717, 1.165) is 37.8 Å². The van der Waals surface area contributed by atoms with Gasteiger partial charge in [0.1, 0.15) is 0 Å². The Bertz CT molecular complexity index is 364. The Morgan fingerprint density at radius 1 is 1.39 bits per heavy atom. The van der Waals surface area contributed by atoms with Crippen molar-refractivity contribution in [2.45, 2.75) is 39.7 Å². The maximum Gasteiger partial charge on any atom is 0.205 e. The van der Waals surface area contributed by atoms with Crippen LogP contribution in [-0.4, -0.2) is 36.2 Å². The van der Waals surface area contributed by atoms with Crippen molar-refractivity contribution in [3.63, 3.8) is 0 Å². The molecule has 18 heavy (non-hydrogen) atoms. The zero-order valence-corrected chi connectivity index (χ0v) is 11.9. The molecular formula is C14H26N4. The normalized spacial score (nSPS) is 17.4. The number of rotatable bonds is 5. The van der Waals surface area contributed by atoms with Gasteiger partial charge >= 0.3 is 0 Å². The number of piperidine rings is 1. The summed E-state index contributed by atoms with van der Waals surface area (Å²) < 4.78 is 2.27. The Labute approximate surface area is 110 Å². The molecule has 1 aliphatic heterocycles. The third-order valence-electron chi connectivity index (χ3n) is 3.92. The lowest BCUT2D eigenvalue weighted by atomic mass is 9.94. The van der Waals surface area contributed by atoms with Gasteiger partial charge in [-0.2, -0.15) is 0 Å². The molecule has 0 amide bonds. The van der Waals surface area contributed by atoms with Crippen LogP contribution >= 0.6 is 0 Å². The molecule has 4 nitrogen and oxygen atoms in total. The molecule has 0 spiro atoms. The summed E-state index contributed by atoms with van der Waals surface area (Å²) in [4.78, 5) is 7.12. The van der Waals surface area contributed by atoms with Gasteiger partial charge in [-0.15, -0.1) is 0 Å². The molecule has 1 aliphatic rings. The third-order valence-corrected chi connectivity index (χ3v) is 3.92. The average molecular weight is 250 g/mol. The average Bonchev–Trinajstić information content (AvgIpc) is 2.78. The second kappa shape index (κ2) is 6.23. The summed E-state index contributed by atoms with van der Waals surface area (Å²) in [6.45, 7) is 8.73. The minimum absolute atomic E-state index is 0.889. The molecule has 2 heterocycles. The Balaban J connectivity index is 1.92. The number of nitrogens with one attached hydrogen (secondary N) is 1. The quantitative estimate of drug-likeness (QED) is 0.868. The Morgan fingerprint density at radius 3 is 2.72 bits per heavy atom. The minimum atomic E-state index is 0.889. The number of hydrogen-bond donors (Lipinski definition) is 1. The van der Waals surface area contributed by atoms with E-state index in [1.165, 1.54) is 25.2 Å². The van der Waals surface area contributed by atoms with Crippen molar-refractivity contribution in [3.05, 3.63) is 11.9 Å². The highest BCUT2D eigenvalue weighted by molar-refractivity contribution is 5.34. The van der Waals surface area contributed by atoms with Crippen LogP contribution in [0.5, 0.6) is 0 Å². The molecule has 1 fully saturated rings. The first-order valence-electron chi connectivity index (χ1n) is 7.18. The molecule has 4 heteroatoms. The summed E-state index contributed by atoms with van der Waals surface area (Å²) >= 11 is 0. The van der Waals surface area contributed by atoms with E-state index < -0.39 is 0 Å². The van der Waals surface area contributed by atoms with Crippen LogP contribution in [0.15, 0.2) is 6.20 Å². The largest absolute Gasteiger partial charge is 0.342 e. The molecule has 102 valence electrons. The van der Waals surface area contributed by atoms with Gasteiger partial charge < -0.3 is 14.8 Å². The predicted octanol–water partition coefficient (Wildman–Crippen LogP) is 2.04. The van der Waals surface area contributed by atoms with Gasteiger partial charge in [0.2, 0.25) is 5.95 Å². The molecule has 1 saturated heterocycles. The van der Waals surface area contributed by atoms with Crippen LogP contribution in [-0.2, 0) is 6.54 Å². The molecule has 0 bridgehead atoms. The summed E-state index contributed by atoms with van der Waals surface area (Å²) in [6.07, 6.45) is 6.07. The zero-order chi connectivity index (χ0) is 13.0. The van der Waals surface area contributed by atoms with Crippen LogP contribution in [0.4, 0.5) is 5.95 Å². The van der Waals surface area contributed by atoms with Crippen LogP contribution in [0.1, 0.15) is 31.9 Å². The highest BCUT2D eigenvalue weighted by atomic mass is 15.3. The van der Waals surface area contributed by atoms with Gasteiger partial charge in [-0.3, -0.25) is 0 Å². The van der Waals surface area contributed by atoms with Crippen molar-refractivity contribution in [1.29, 1.82) is 0 Å². The fourth-order valence-corrected chi connectivity index (χ4v) is 2.79. The third kappa shape index (κ3) is 3.05. The smallest absolute Gasteiger partial charge is 0.205 e. The number of nitrogens with zero attached hydrogens (tertiary/aromatic N) is 3. The summed E-state index contributed by atoms with van der Waals surface area (Å²) in [5.74, 6) is 2.06. The second-order valence-corrected chi connectivity index (χ2v) is 5.29. The van der Waals surface area contributed by atoms with Gasteiger partial charge in [-0.25, -0.2) is 4.98 Å². The highest BCUT2D eigenvalue weighted by Crippen LogP contribution is 2.24. The molecule has 0 saturated carbocycles. The fourth-order valence-electron chi connectivity index (χ4n) is 2.79. The number of hydrogen-bond acceptors (Lipinski definition) is 3. The van der Waals surface area contributed by atoms with Crippen LogP contribution in [0, 0.1) is 12.8 Å². The van der Waals surface area contributed by atoms with Crippen molar-refractivity contribution in [2.75, 3.05) is 31.6 Å². The molecular weight excluding hydrogens is 224 g/mol. The number of aromatic nitrogens is 2. The van der Waals surface area contributed by atoms with Crippen LogP contribution < -0.4 is 10.2 Å². The molecule has 0 aliphatic carbocycles. The molecule has 1 aromatic heterocycles. The molecule has 0 aromatic carbocycles. The minimum Gasteiger partial charge on any atom is -0.342 e. The number of aryl methyl sites for hydroxylation is 2. The molecule has 1 N–H and O–H groups in total. The number of imidazole rings is 1. The van der Waals surface area contributed by atoms with Crippen molar-refractivity contribution >= 4 is 5.95 Å². The number of anilines is 1. The Hall–Kier alpha value is -1.03. The molecule has 0 unspecified atom stereocenters. The lowest BCUT2D eigenvalue weighted by Gasteiger charge is -2.32. The van der Waals surface area contributed by atoms with Crippen LogP contribution in [0.2, 0.25) is 0 Å². The van der Waals surface area contributed by atoms with Gasteiger partial charge in [-0.1, -0.05) is 0 Å². The lowest BCUT2D eigenvalue weighted by Crippen LogP contribution is -2.36. The maximum atomic E-state index is 4.67. The monoisotopic (exact) mass is 250 g/mol. The molecule has 1 aromatic rings. The second-order valence-electron chi connectivity index (χ2n) is 5.29. The topological polar surface area (TPSA) is 33.1 Å². The first-order chi connectivity index (χ1) is 8.74. The van der Waals surface area contributed by atoms with Crippen LogP contribution in [0.3, 0.4) is 0 Å². The Kier molecular flexibility index (Phi) is 4.64. The summed E-state index contributed by atoms with van der Waals surface area (Å²) in [5, 5.41) is 3.25. The highest BCUT2D eigenvalue weighted by Gasteiger charge is 2.21. The van der Waals surface area contributed by atoms with Gasteiger partial charge in [0.15, 0.2) is 0 Å². The molecule has 2 rings (SSSR count). The first-order valence-corrected chi connectivity index (χ1v) is 7.18. The lowest BCUT2D eigenvalue weighted by molar-refractivity contribution is 0.374. The van der Waals surface area contributed by atoms with Gasteiger partial charge in [0.05, 0.1) is 5.69 Å². The maximum absolute atomic E-state index is 4.67. The van der Waals surface area contributed by atoms with Crippen LogP contribution in [0.25, 0.3) is 0 Å². The van der Waals surface area contributed by atoms with E-state index in [4.69, 9.17) is 0 Å². The Morgan fingerprint density at radius 2 is 2.11 bits per heavy atom. The van der Waals surface area contributed by atoms with Crippen molar-refractivity contribution < 1.29 is 0 Å². The van der Waals surface area contributed by atoms with E-state index in [1.54, 1.807) is 0 Å². The summed E-state index contributed by atoms with van der Waals surface area (Å²) in [6, 6.07) is 0. The fraction of sp³-hybridized carbons (Fsp3) is 0.786. The summed E-state index contributed by atoms with van der Waals surface area (Å²) in [7, 11) is 2.04. The van der Waals surface area contributed by atoms with E-state index in [-0.39, 0.29) is 0 Å². The standard InChI is InChI=1S/C14H26N4/c1-4-17-11-12(2)16-14(17)18-9-6-13(7-10-18)5-8-15-3/h11,13,15H,4-10H2,1-3H3. The van der Waals surface area contributed by atoms with E-state index in [0.29, 0.717) is 0 Å². The zero-order valence-electron chi connectivity index (χ0n) is 11.9. The molecule has 0 radical (unpaired) electrons. The van der Waals surface area contributed by atoms with Gasteiger partial charge in [0, 0.05) is 25.8 Å². The van der Waals surface area contributed by atoms with Gasteiger partial charge in [0.25, 0.3) is 0 Å². The predicted molar refractivity (Wildman–Crippen MR) is 76.1 cm³/mol. The summed E-state index contributed by atoms with van der Waals surface area (Å²) in [5.41, 5.74) is 1.13. The van der Waals surface area contributed by atoms with E-state index in [9.17, 15) is 0 Å². The van der Waals surface area contributed by atoms with Gasteiger partial charge in [-0.05, 0) is 52.6 Å². The van der Waals surface area contributed by atoms with E-state index in [2.05, 4.69) is 39.8 Å². The van der Waals surface area contributed by atoms with Crippen molar-refractivity contribution in [3.8, 4) is 0 Å². The van der Waals surface area contributed by atoms with E-state index in [1.807, 2.05) is 7.05 Å². The SMILES string of the molecule is CCn1cc(C)nc1N1CCC(CCNC)CC1. The first kappa shape index (κ1) is 13.4. The van der Waals surface area contributed by atoms with E-state index >= 15 is 0 Å².